The molecule has 0 spiro atoms. The van der Waals surface area contributed by atoms with Crippen molar-refractivity contribution in [2.24, 2.45) is 17.8 Å². The molecule has 0 saturated heterocycles. The molecule has 1 fully saturated rings. The van der Waals surface area contributed by atoms with Crippen molar-refractivity contribution >= 4 is 0 Å². The van der Waals surface area contributed by atoms with Gasteiger partial charge in [0.05, 0.1) is 5.69 Å². The van der Waals surface area contributed by atoms with Crippen LogP contribution in [0.1, 0.15) is 106 Å². The Hall–Kier alpha value is -4.44. The Balaban J connectivity index is 0.000000160. The first-order valence-electron chi connectivity index (χ1n) is 17.3. The highest BCUT2D eigenvalue weighted by Gasteiger charge is 2.28. The molecule has 6 rings (SSSR count). The van der Waals surface area contributed by atoms with Crippen LogP contribution in [0.15, 0.2) is 141 Å². The van der Waals surface area contributed by atoms with E-state index in [-0.39, 0.29) is 11.8 Å². The van der Waals surface area contributed by atoms with Gasteiger partial charge in [-0.05, 0) is 84.7 Å². The van der Waals surface area contributed by atoms with E-state index >= 15 is 0 Å². The SMILES string of the molecule is C=CC(c1ccccc1)c1ccccn1.CC(C)C(c1ccccn1)C1CCCCC1.CC(C)C(c1ccccn1)c1ccccn1. The van der Waals surface area contributed by atoms with Crippen LogP contribution in [-0.2, 0) is 0 Å². The van der Waals surface area contributed by atoms with Crippen LogP contribution in [0, 0.1) is 17.8 Å². The van der Waals surface area contributed by atoms with E-state index in [4.69, 9.17) is 0 Å². The average Bonchev–Trinajstić information content (AvgIpc) is 3.12. The summed E-state index contributed by atoms with van der Waals surface area (Å²) in [6.07, 6.45) is 16.4. The largest absolute Gasteiger partial charge is 0.261 e. The van der Waals surface area contributed by atoms with Gasteiger partial charge in [0.25, 0.3) is 0 Å². The van der Waals surface area contributed by atoms with Gasteiger partial charge in [0.15, 0.2) is 0 Å². The summed E-state index contributed by atoms with van der Waals surface area (Å²) < 4.78 is 0. The molecule has 4 heteroatoms. The monoisotopic (exact) mass is 624 g/mol. The number of allylic oxidation sites excluding steroid dienone is 1. The second-order valence-corrected chi connectivity index (χ2v) is 13.0. The highest BCUT2D eigenvalue weighted by atomic mass is 14.7. The lowest BCUT2D eigenvalue weighted by Crippen LogP contribution is -2.21. The summed E-state index contributed by atoms with van der Waals surface area (Å²) in [6, 6.07) is 34.7. The maximum atomic E-state index is 4.58. The number of rotatable bonds is 9. The van der Waals surface area contributed by atoms with Crippen LogP contribution in [0.4, 0.5) is 0 Å². The molecule has 2 atom stereocenters. The molecular weight excluding hydrogens is 573 g/mol. The van der Waals surface area contributed by atoms with Crippen molar-refractivity contribution in [2.45, 2.75) is 77.6 Å². The highest BCUT2D eigenvalue weighted by molar-refractivity contribution is 5.32. The van der Waals surface area contributed by atoms with Gasteiger partial charge in [0.2, 0.25) is 0 Å². The predicted molar refractivity (Wildman–Crippen MR) is 196 cm³/mol. The fraction of sp³-hybridized carbons (Fsp3) is 0.349. The summed E-state index contributed by atoms with van der Waals surface area (Å²) in [5.41, 5.74) is 5.77. The zero-order valence-corrected chi connectivity index (χ0v) is 28.7. The maximum absolute atomic E-state index is 4.58. The Kier molecular flexibility index (Phi) is 14.5. The van der Waals surface area contributed by atoms with Crippen LogP contribution in [0.5, 0.6) is 0 Å². The predicted octanol–water partition coefficient (Wildman–Crippen LogP) is 11.1. The van der Waals surface area contributed by atoms with E-state index in [1.165, 1.54) is 43.4 Å². The molecule has 4 nitrogen and oxygen atoms in total. The molecule has 4 aromatic heterocycles. The Labute approximate surface area is 283 Å². The molecule has 0 N–H and O–H groups in total. The van der Waals surface area contributed by atoms with Gasteiger partial charge >= 0.3 is 0 Å². The van der Waals surface area contributed by atoms with Gasteiger partial charge in [-0.3, -0.25) is 19.9 Å². The molecule has 4 heterocycles. The van der Waals surface area contributed by atoms with E-state index in [2.05, 4.69) is 90.6 Å². The lowest BCUT2D eigenvalue weighted by atomic mass is 9.73. The zero-order valence-electron chi connectivity index (χ0n) is 28.7. The Morgan fingerprint density at radius 1 is 0.532 bits per heavy atom. The van der Waals surface area contributed by atoms with E-state index in [1.807, 2.05) is 97.6 Å². The van der Waals surface area contributed by atoms with Gasteiger partial charge in [-0.2, -0.15) is 0 Å². The lowest BCUT2D eigenvalue weighted by molar-refractivity contribution is 0.256. The van der Waals surface area contributed by atoms with Crippen molar-refractivity contribution < 1.29 is 0 Å². The van der Waals surface area contributed by atoms with Crippen LogP contribution >= 0.6 is 0 Å². The molecule has 244 valence electrons. The fourth-order valence-corrected chi connectivity index (χ4v) is 6.80. The molecule has 0 bridgehead atoms. The summed E-state index contributed by atoms with van der Waals surface area (Å²) in [4.78, 5) is 17.8. The second kappa shape index (κ2) is 19.3. The van der Waals surface area contributed by atoms with E-state index in [0.29, 0.717) is 17.8 Å². The van der Waals surface area contributed by atoms with Crippen molar-refractivity contribution in [2.75, 3.05) is 0 Å². The third-order valence-electron chi connectivity index (χ3n) is 8.99. The Morgan fingerprint density at radius 2 is 0.979 bits per heavy atom. The third kappa shape index (κ3) is 10.8. The number of pyridine rings is 4. The normalized spacial score (nSPS) is 14.4. The van der Waals surface area contributed by atoms with E-state index < -0.39 is 0 Å². The minimum Gasteiger partial charge on any atom is -0.261 e. The second-order valence-electron chi connectivity index (χ2n) is 13.0. The number of aromatic nitrogens is 4. The van der Waals surface area contributed by atoms with Crippen molar-refractivity contribution in [1.29, 1.82) is 0 Å². The number of benzene rings is 1. The lowest BCUT2D eigenvalue weighted by Gasteiger charge is -2.32. The summed E-state index contributed by atoms with van der Waals surface area (Å²) in [6.45, 7) is 13.0. The minimum atomic E-state index is 0.187. The van der Waals surface area contributed by atoms with Gasteiger partial charge in [-0.1, -0.05) is 108 Å². The molecule has 2 unspecified atom stereocenters. The van der Waals surface area contributed by atoms with Gasteiger partial charge < -0.3 is 0 Å². The third-order valence-corrected chi connectivity index (χ3v) is 8.99. The van der Waals surface area contributed by atoms with Crippen molar-refractivity contribution in [3.05, 3.63) is 169 Å². The molecule has 47 heavy (non-hydrogen) atoms. The summed E-state index contributed by atoms with van der Waals surface area (Å²) in [5.74, 6) is 3.20. The maximum Gasteiger partial charge on any atom is 0.0516 e. The first-order chi connectivity index (χ1) is 23.0. The smallest absolute Gasteiger partial charge is 0.0516 e. The van der Waals surface area contributed by atoms with Crippen LogP contribution in [0.2, 0.25) is 0 Å². The van der Waals surface area contributed by atoms with Crippen LogP contribution in [0.3, 0.4) is 0 Å². The average molecular weight is 625 g/mol. The minimum absolute atomic E-state index is 0.187. The molecule has 0 amide bonds. The molecule has 1 aliphatic rings. The Bertz CT molecular complexity index is 1440. The molecule has 1 aliphatic carbocycles. The Morgan fingerprint density at radius 3 is 1.38 bits per heavy atom. The van der Waals surface area contributed by atoms with E-state index in [1.54, 1.807) is 0 Å². The molecular formula is C43H52N4. The first kappa shape index (κ1) is 35.4. The quantitative estimate of drug-likeness (QED) is 0.153. The molecule has 1 saturated carbocycles. The molecule has 0 aliphatic heterocycles. The molecule has 0 radical (unpaired) electrons. The van der Waals surface area contributed by atoms with Crippen molar-refractivity contribution in [1.82, 2.24) is 19.9 Å². The number of hydrogen-bond acceptors (Lipinski definition) is 4. The van der Waals surface area contributed by atoms with Gasteiger partial charge in [0.1, 0.15) is 0 Å². The first-order valence-corrected chi connectivity index (χ1v) is 17.3. The van der Waals surface area contributed by atoms with Crippen molar-refractivity contribution in [3.8, 4) is 0 Å². The molecule has 5 aromatic rings. The van der Waals surface area contributed by atoms with Crippen LogP contribution in [-0.4, -0.2) is 19.9 Å². The van der Waals surface area contributed by atoms with E-state index in [0.717, 1.165) is 23.0 Å². The topological polar surface area (TPSA) is 51.6 Å². The van der Waals surface area contributed by atoms with Crippen LogP contribution in [0.25, 0.3) is 0 Å². The highest BCUT2D eigenvalue weighted by Crippen LogP contribution is 2.39. The standard InChI is InChI=1S/C15H23N.C14H16N2.C14H13N/c1-12(2)15(13-8-4-3-5-9-13)14-10-6-7-11-16-14;1-11(2)14(12-7-3-5-9-15-12)13-8-4-6-10-16-13;1-2-13(12-8-4-3-5-9-12)14-10-6-7-11-15-14/h6-7,10-13,15H,3-5,8-9H2,1-2H3;3-11,14H,1-2H3;2-11,13H,1H2. The van der Waals surface area contributed by atoms with Crippen molar-refractivity contribution in [3.63, 3.8) is 0 Å². The van der Waals surface area contributed by atoms with Gasteiger partial charge in [-0.15, -0.1) is 6.58 Å². The van der Waals surface area contributed by atoms with E-state index in [9.17, 15) is 0 Å². The fourth-order valence-electron chi connectivity index (χ4n) is 6.80. The van der Waals surface area contributed by atoms with Gasteiger partial charge in [0, 0.05) is 59.6 Å². The van der Waals surface area contributed by atoms with Gasteiger partial charge in [-0.25, -0.2) is 0 Å². The zero-order chi connectivity index (χ0) is 33.3. The summed E-state index contributed by atoms with van der Waals surface area (Å²) in [7, 11) is 0. The number of nitrogens with zero attached hydrogens (tertiary/aromatic N) is 4. The van der Waals surface area contributed by atoms with Crippen LogP contribution < -0.4 is 0 Å². The summed E-state index contributed by atoms with van der Waals surface area (Å²) in [5, 5.41) is 0. The molecule has 1 aromatic carbocycles. The summed E-state index contributed by atoms with van der Waals surface area (Å²) >= 11 is 0. The number of hydrogen-bond donors (Lipinski definition) is 0.